The molecular formula is C23H35N3O3. The van der Waals surface area contributed by atoms with Crippen molar-refractivity contribution in [3.05, 3.63) is 11.9 Å². The average Bonchev–Trinajstić information content (AvgIpc) is 3.49. The number of rotatable bonds is 7. The standard InChI is InChI=1S/C23H35N3O3/c27-20(11-17-8-4-5-9-17)12-18-14-28-23-21(15-29-22(18)23)26-13-19(24-25-26)10-16-6-2-1-3-7-16/h13,16-18,21-23H,1-12,14-15H2/t18-,21-,22+,23+/m0/s1. The summed E-state index contributed by atoms with van der Waals surface area (Å²) in [6.45, 7) is 1.24. The molecule has 0 unspecified atom stereocenters. The van der Waals surface area contributed by atoms with Crippen LogP contribution in [0.3, 0.4) is 0 Å². The van der Waals surface area contributed by atoms with Crippen molar-refractivity contribution in [1.29, 1.82) is 0 Å². The second-order valence-electron chi connectivity index (χ2n) is 9.92. The lowest BCUT2D eigenvalue weighted by Gasteiger charge is -2.20. The number of ether oxygens (including phenoxy) is 2. The molecule has 160 valence electrons. The number of ketones is 1. The van der Waals surface area contributed by atoms with Gasteiger partial charge in [0.2, 0.25) is 0 Å². The first-order valence-electron chi connectivity index (χ1n) is 11.9. The van der Waals surface area contributed by atoms with Gasteiger partial charge in [-0.05, 0) is 18.3 Å². The monoisotopic (exact) mass is 401 g/mol. The van der Waals surface area contributed by atoms with Gasteiger partial charge in [0.15, 0.2) is 0 Å². The Kier molecular flexibility index (Phi) is 6.00. The fourth-order valence-corrected chi connectivity index (χ4v) is 6.13. The molecule has 5 rings (SSSR count). The quantitative estimate of drug-likeness (QED) is 0.693. The van der Waals surface area contributed by atoms with Gasteiger partial charge >= 0.3 is 0 Å². The molecule has 0 radical (unpaired) electrons. The van der Waals surface area contributed by atoms with Gasteiger partial charge in [-0.15, -0.1) is 5.10 Å². The van der Waals surface area contributed by atoms with E-state index in [1.54, 1.807) is 0 Å². The van der Waals surface area contributed by atoms with Crippen molar-refractivity contribution >= 4 is 5.78 Å². The highest BCUT2D eigenvalue weighted by molar-refractivity contribution is 5.79. The molecule has 4 fully saturated rings. The predicted molar refractivity (Wildman–Crippen MR) is 109 cm³/mol. The Labute approximate surface area is 173 Å². The van der Waals surface area contributed by atoms with Crippen molar-refractivity contribution in [2.45, 2.75) is 95.3 Å². The Bertz CT molecular complexity index is 693. The number of aromatic nitrogens is 3. The topological polar surface area (TPSA) is 66.2 Å². The minimum Gasteiger partial charge on any atom is -0.373 e. The molecule has 4 atom stereocenters. The van der Waals surface area contributed by atoms with Crippen molar-refractivity contribution in [3.8, 4) is 0 Å². The van der Waals surface area contributed by atoms with Crippen LogP contribution in [0, 0.1) is 17.8 Å². The molecule has 6 heteroatoms. The van der Waals surface area contributed by atoms with Gasteiger partial charge in [0, 0.05) is 25.0 Å². The van der Waals surface area contributed by atoms with Crippen molar-refractivity contribution in [2.24, 2.45) is 17.8 Å². The second-order valence-corrected chi connectivity index (χ2v) is 9.92. The maximum absolute atomic E-state index is 12.5. The predicted octanol–water partition coefficient (Wildman–Crippen LogP) is 3.90. The van der Waals surface area contributed by atoms with E-state index in [9.17, 15) is 4.79 Å². The van der Waals surface area contributed by atoms with Crippen LogP contribution in [0.15, 0.2) is 6.20 Å². The van der Waals surface area contributed by atoms with Crippen LogP contribution in [0.2, 0.25) is 0 Å². The highest BCUT2D eigenvalue weighted by Gasteiger charge is 2.49. The zero-order chi connectivity index (χ0) is 19.6. The number of nitrogens with zero attached hydrogens (tertiary/aromatic N) is 3. The van der Waals surface area contributed by atoms with E-state index in [1.807, 2.05) is 4.68 Å². The Morgan fingerprint density at radius 3 is 2.48 bits per heavy atom. The van der Waals surface area contributed by atoms with E-state index in [0.717, 1.165) is 24.5 Å². The van der Waals surface area contributed by atoms with Gasteiger partial charge in [0.1, 0.15) is 17.9 Å². The van der Waals surface area contributed by atoms with Gasteiger partial charge in [-0.3, -0.25) is 4.79 Å². The van der Waals surface area contributed by atoms with Crippen LogP contribution in [0.5, 0.6) is 0 Å². The van der Waals surface area contributed by atoms with Crippen molar-refractivity contribution in [3.63, 3.8) is 0 Å². The van der Waals surface area contributed by atoms with Crippen molar-refractivity contribution in [1.82, 2.24) is 15.0 Å². The van der Waals surface area contributed by atoms with Crippen LogP contribution in [0.1, 0.15) is 82.4 Å². The fraction of sp³-hybridized carbons (Fsp3) is 0.870. The third-order valence-electron chi connectivity index (χ3n) is 7.73. The first-order chi connectivity index (χ1) is 14.3. The molecule has 0 amide bonds. The highest BCUT2D eigenvalue weighted by atomic mass is 16.6. The molecule has 0 bridgehead atoms. The number of carbonyl (C=O) groups is 1. The van der Waals surface area contributed by atoms with E-state index in [4.69, 9.17) is 9.47 Å². The summed E-state index contributed by atoms with van der Waals surface area (Å²) in [5, 5.41) is 8.86. The molecule has 2 aliphatic carbocycles. The first kappa shape index (κ1) is 19.7. The molecule has 0 spiro atoms. The molecule has 0 N–H and O–H groups in total. The van der Waals surface area contributed by atoms with E-state index in [2.05, 4.69) is 16.5 Å². The van der Waals surface area contributed by atoms with Gasteiger partial charge in [0.05, 0.1) is 25.0 Å². The Morgan fingerprint density at radius 2 is 1.66 bits per heavy atom. The summed E-state index contributed by atoms with van der Waals surface area (Å²) in [7, 11) is 0. The normalized spacial score (nSPS) is 33.4. The summed E-state index contributed by atoms with van der Waals surface area (Å²) < 4.78 is 14.2. The first-order valence-corrected chi connectivity index (χ1v) is 11.9. The number of fused-ring (bicyclic) bond motifs is 1. The molecule has 29 heavy (non-hydrogen) atoms. The van der Waals surface area contributed by atoms with E-state index >= 15 is 0 Å². The zero-order valence-electron chi connectivity index (χ0n) is 17.5. The zero-order valence-corrected chi connectivity index (χ0v) is 17.5. The third kappa shape index (κ3) is 4.43. The number of hydrogen-bond donors (Lipinski definition) is 0. The lowest BCUT2D eigenvalue weighted by molar-refractivity contribution is -0.121. The number of hydrogen-bond acceptors (Lipinski definition) is 5. The molecule has 6 nitrogen and oxygen atoms in total. The summed E-state index contributed by atoms with van der Waals surface area (Å²) in [6.07, 6.45) is 16.3. The van der Waals surface area contributed by atoms with E-state index in [-0.39, 0.29) is 24.2 Å². The lowest BCUT2D eigenvalue weighted by atomic mass is 9.86. The fourth-order valence-electron chi connectivity index (χ4n) is 6.13. The van der Waals surface area contributed by atoms with Gasteiger partial charge in [-0.25, -0.2) is 4.68 Å². The van der Waals surface area contributed by atoms with Crippen LogP contribution in [0.4, 0.5) is 0 Å². The third-order valence-corrected chi connectivity index (χ3v) is 7.73. The van der Waals surface area contributed by atoms with E-state index < -0.39 is 0 Å². The SMILES string of the molecule is O=C(CC1CCCC1)C[C@H]1CO[C@H]2[C@@H]1OC[C@@H]2n1cc(CC2CCCCC2)nn1. The van der Waals surface area contributed by atoms with Gasteiger partial charge in [0.25, 0.3) is 0 Å². The molecule has 1 aromatic heterocycles. The summed E-state index contributed by atoms with van der Waals surface area (Å²) >= 11 is 0. The summed E-state index contributed by atoms with van der Waals surface area (Å²) in [6, 6.07) is 0.0857. The Balaban J connectivity index is 1.15. The maximum Gasteiger partial charge on any atom is 0.133 e. The van der Waals surface area contributed by atoms with Crippen LogP contribution in [-0.4, -0.2) is 46.2 Å². The van der Waals surface area contributed by atoms with Crippen LogP contribution in [-0.2, 0) is 20.7 Å². The Morgan fingerprint density at radius 1 is 0.931 bits per heavy atom. The smallest absolute Gasteiger partial charge is 0.133 e. The maximum atomic E-state index is 12.5. The van der Waals surface area contributed by atoms with Gasteiger partial charge < -0.3 is 9.47 Å². The summed E-state index contributed by atoms with van der Waals surface area (Å²) in [4.78, 5) is 12.5. The van der Waals surface area contributed by atoms with Crippen molar-refractivity contribution in [2.75, 3.05) is 13.2 Å². The van der Waals surface area contributed by atoms with Gasteiger partial charge in [-0.2, -0.15) is 0 Å². The minimum absolute atomic E-state index is 0.00325. The molecule has 4 aliphatic rings. The van der Waals surface area contributed by atoms with E-state index in [0.29, 0.717) is 31.3 Å². The lowest BCUT2D eigenvalue weighted by Crippen LogP contribution is -2.29. The number of Topliss-reactive ketones (excluding diaryl/α,β-unsaturated/α-hetero) is 1. The largest absolute Gasteiger partial charge is 0.373 e. The highest BCUT2D eigenvalue weighted by Crippen LogP contribution is 2.39. The second kappa shape index (κ2) is 8.84. The van der Waals surface area contributed by atoms with Gasteiger partial charge in [-0.1, -0.05) is 63.0 Å². The van der Waals surface area contributed by atoms with Crippen LogP contribution >= 0.6 is 0 Å². The molecular weight excluding hydrogens is 366 g/mol. The van der Waals surface area contributed by atoms with Crippen LogP contribution in [0.25, 0.3) is 0 Å². The Hall–Kier alpha value is -1.27. The van der Waals surface area contributed by atoms with E-state index in [1.165, 1.54) is 57.8 Å². The molecule has 3 heterocycles. The molecule has 2 aliphatic heterocycles. The van der Waals surface area contributed by atoms with Crippen LogP contribution < -0.4 is 0 Å². The minimum atomic E-state index is 0.00325. The molecule has 2 saturated carbocycles. The summed E-state index contributed by atoms with van der Waals surface area (Å²) in [5.41, 5.74) is 1.10. The van der Waals surface area contributed by atoms with Crippen molar-refractivity contribution < 1.29 is 14.3 Å². The average molecular weight is 402 g/mol. The molecule has 0 aromatic carbocycles. The molecule has 2 saturated heterocycles. The summed E-state index contributed by atoms with van der Waals surface area (Å²) in [5.74, 6) is 1.98. The number of carbonyl (C=O) groups excluding carboxylic acids is 1. The molecule has 1 aromatic rings.